The van der Waals surface area contributed by atoms with Gasteiger partial charge in [0.2, 0.25) is 0 Å². The summed E-state index contributed by atoms with van der Waals surface area (Å²) in [5.74, 6) is 0. The Morgan fingerprint density at radius 2 is 0.538 bits per heavy atom. The van der Waals surface area contributed by atoms with Gasteiger partial charge in [-0.1, -0.05) is 212 Å². The number of aromatic nitrogens is 5. The third-order valence-corrected chi connectivity index (χ3v) is 20.1. The van der Waals surface area contributed by atoms with E-state index >= 15 is 0 Å². The van der Waals surface area contributed by atoms with E-state index in [9.17, 15) is 0 Å². The number of pyridine rings is 4. The van der Waals surface area contributed by atoms with Gasteiger partial charge in [0.25, 0.3) is 0 Å². The Morgan fingerprint density at radius 1 is 0.204 bits per heavy atom. The van der Waals surface area contributed by atoms with Crippen LogP contribution in [0.3, 0.4) is 0 Å². The van der Waals surface area contributed by atoms with Crippen molar-refractivity contribution < 1.29 is 0 Å². The summed E-state index contributed by atoms with van der Waals surface area (Å²) in [5.41, 5.74) is 34.6. The molecule has 5 nitrogen and oxygen atoms in total. The van der Waals surface area contributed by atoms with E-state index in [1.54, 1.807) is 0 Å². The topological polar surface area (TPSA) is 56.5 Å². The van der Waals surface area contributed by atoms with Gasteiger partial charge >= 0.3 is 0 Å². The van der Waals surface area contributed by atoms with Gasteiger partial charge in [-0.15, -0.1) is 0 Å². The lowest BCUT2D eigenvalue weighted by atomic mass is 9.70. The van der Waals surface area contributed by atoms with Crippen LogP contribution in [0, 0.1) is 0 Å². The maximum Gasteiger partial charge on any atom is 0.0892 e. The molecule has 5 aromatic heterocycles. The van der Waals surface area contributed by atoms with E-state index in [2.05, 4.69) is 297 Å². The predicted octanol–water partition coefficient (Wildman–Crippen LogP) is 21.1. The van der Waals surface area contributed by atoms with Crippen molar-refractivity contribution >= 4 is 21.8 Å². The second-order valence-corrected chi connectivity index (χ2v) is 24.7. The molecule has 11 aromatic carbocycles. The molecular formula is C88H55N5. The summed E-state index contributed by atoms with van der Waals surface area (Å²) in [7, 11) is 0. The van der Waals surface area contributed by atoms with Crippen LogP contribution in [0.5, 0.6) is 0 Å². The number of hydrogen-bond donors (Lipinski definition) is 0. The fourth-order valence-corrected chi connectivity index (χ4v) is 16.3. The van der Waals surface area contributed by atoms with Gasteiger partial charge in [-0.05, 0) is 219 Å². The molecule has 4 aliphatic carbocycles. The van der Waals surface area contributed by atoms with Crippen molar-refractivity contribution in [1.82, 2.24) is 24.5 Å². The molecule has 0 saturated heterocycles. The first-order valence-corrected chi connectivity index (χ1v) is 31.9. The lowest BCUT2D eigenvalue weighted by Gasteiger charge is -2.30. The molecule has 0 atom stereocenters. The van der Waals surface area contributed by atoms with E-state index in [0.29, 0.717) is 0 Å². The van der Waals surface area contributed by atoms with E-state index < -0.39 is 5.41 Å². The average Bonchev–Trinajstić information content (AvgIpc) is 1.52. The van der Waals surface area contributed by atoms with E-state index in [0.717, 1.165) is 45.0 Å². The molecule has 0 fully saturated rings. The third-order valence-electron chi connectivity index (χ3n) is 20.1. The Hall–Kier alpha value is -12.2. The lowest BCUT2D eigenvalue weighted by Crippen LogP contribution is -2.25. The second kappa shape index (κ2) is 20.7. The van der Waals surface area contributed by atoms with Crippen molar-refractivity contribution in [3.05, 3.63) is 379 Å². The van der Waals surface area contributed by atoms with Crippen molar-refractivity contribution in [2.45, 2.75) is 10.8 Å². The van der Waals surface area contributed by atoms with Gasteiger partial charge in [0.05, 0.1) is 44.6 Å². The summed E-state index contributed by atoms with van der Waals surface area (Å²) < 4.78 is 2.38. The highest BCUT2D eigenvalue weighted by molar-refractivity contribution is 6.11. The van der Waals surface area contributed by atoms with Crippen LogP contribution < -0.4 is 0 Å². The molecule has 20 rings (SSSR count). The zero-order valence-electron chi connectivity index (χ0n) is 50.5. The third kappa shape index (κ3) is 7.75. The van der Waals surface area contributed by atoms with Gasteiger partial charge in [0, 0.05) is 41.2 Å². The zero-order valence-corrected chi connectivity index (χ0v) is 50.5. The molecule has 0 unspecified atom stereocenters. The van der Waals surface area contributed by atoms with Crippen LogP contribution in [-0.2, 0) is 10.8 Å². The Kier molecular flexibility index (Phi) is 11.7. The van der Waals surface area contributed by atoms with Gasteiger partial charge in [-0.2, -0.15) is 0 Å². The summed E-state index contributed by atoms with van der Waals surface area (Å²) >= 11 is 0. The van der Waals surface area contributed by atoms with Gasteiger partial charge in [-0.3, -0.25) is 19.9 Å². The summed E-state index contributed by atoms with van der Waals surface area (Å²) in [5, 5.41) is 2.55. The summed E-state index contributed by atoms with van der Waals surface area (Å²) in [6.07, 6.45) is 7.39. The molecule has 5 heteroatoms. The number of para-hydroxylation sites is 2. The number of rotatable bonds is 6. The van der Waals surface area contributed by atoms with Crippen LogP contribution in [0.15, 0.2) is 334 Å². The second-order valence-electron chi connectivity index (χ2n) is 24.7. The number of fused-ring (bicyclic) bond motifs is 23. The van der Waals surface area contributed by atoms with Crippen molar-refractivity contribution in [1.29, 1.82) is 0 Å². The molecule has 0 bridgehead atoms. The van der Waals surface area contributed by atoms with E-state index in [-0.39, 0.29) is 5.41 Å². The normalized spacial score (nSPS) is 13.3. The minimum Gasteiger partial charge on any atom is -0.309 e. The molecule has 93 heavy (non-hydrogen) atoms. The SMILES string of the molecule is c1ccc(-c2cc(-c3ccc4c(c3)-c3cc(-c5ccnc(-c6ccccn6)c5)ccc3C43c4ccccc4-c4ccccc43)ccn2)nc1.c1ccc(-n2c3ccccc3c3cc(-c4ccc5c(c4)-c4ccccc4C54c5ccccc5-c5ccccc54)ccc32)cc1. The largest absolute Gasteiger partial charge is 0.309 e. The van der Waals surface area contributed by atoms with Gasteiger partial charge in [0.15, 0.2) is 0 Å². The summed E-state index contributed by atoms with van der Waals surface area (Å²) in [6, 6.07) is 113. The fraction of sp³-hybridized carbons (Fsp3) is 0.0227. The summed E-state index contributed by atoms with van der Waals surface area (Å²) in [4.78, 5) is 18.4. The number of benzene rings is 11. The van der Waals surface area contributed by atoms with Crippen LogP contribution in [-0.4, -0.2) is 24.5 Å². The molecule has 0 radical (unpaired) electrons. The molecular weight excluding hydrogens is 1130 g/mol. The van der Waals surface area contributed by atoms with Gasteiger partial charge in [0.1, 0.15) is 0 Å². The highest BCUT2D eigenvalue weighted by Crippen LogP contribution is 2.65. The Bertz CT molecular complexity index is 5480. The smallest absolute Gasteiger partial charge is 0.0892 e. The van der Waals surface area contributed by atoms with E-state index in [1.807, 2.05) is 61.2 Å². The van der Waals surface area contributed by atoms with Crippen LogP contribution in [0.1, 0.15) is 44.5 Å². The average molecular weight is 1180 g/mol. The highest BCUT2D eigenvalue weighted by atomic mass is 15.0. The van der Waals surface area contributed by atoms with Crippen molar-refractivity contribution in [3.8, 4) is 106 Å². The minimum absolute atomic E-state index is 0.301. The van der Waals surface area contributed by atoms with Crippen LogP contribution in [0.25, 0.3) is 128 Å². The highest BCUT2D eigenvalue weighted by Gasteiger charge is 2.53. The monoisotopic (exact) mass is 1180 g/mol. The molecule has 0 amide bonds. The molecule has 0 N–H and O–H groups in total. The predicted molar refractivity (Wildman–Crippen MR) is 378 cm³/mol. The van der Waals surface area contributed by atoms with Crippen molar-refractivity contribution in [2.75, 3.05) is 0 Å². The Balaban J connectivity index is 0.000000133. The van der Waals surface area contributed by atoms with Crippen LogP contribution in [0.4, 0.5) is 0 Å². The lowest BCUT2D eigenvalue weighted by molar-refractivity contribution is 0.794. The molecule has 0 aliphatic heterocycles. The standard InChI is InChI=1S/C45H28N4.C43H27N/c1-3-11-37-33(9-1)34-10-2-4-12-38(34)45(37)39-17-15-29(31-19-23-48-43(27-31)41-13-5-7-21-46-41)25-35(39)36-26-30(16-18-40(36)45)32-20-24-49-44(28-32)42-14-6-8-22-47-42;1-2-12-30(13-3-1)44-41-21-11-7-17-34(41)36-27-29(23-25-42(36)44)28-22-24-40-35(26-28)33-16-6-10-20-39(33)43(40)37-18-8-4-14-31(37)32-15-5-9-19-38(32)43/h1-28H;1-27H. The first-order chi connectivity index (χ1) is 46.1. The molecule has 4 aliphatic rings. The fourth-order valence-electron chi connectivity index (χ4n) is 16.3. The van der Waals surface area contributed by atoms with Crippen molar-refractivity contribution in [2.24, 2.45) is 0 Å². The van der Waals surface area contributed by atoms with Crippen LogP contribution in [0.2, 0.25) is 0 Å². The maximum atomic E-state index is 4.65. The minimum atomic E-state index is -0.413. The maximum absolute atomic E-state index is 4.65. The molecule has 2 spiro atoms. The molecule has 5 heterocycles. The Morgan fingerprint density at radius 3 is 0.989 bits per heavy atom. The van der Waals surface area contributed by atoms with E-state index in [1.165, 1.54) is 128 Å². The molecule has 0 saturated carbocycles. The molecule has 432 valence electrons. The first kappa shape index (κ1) is 52.7. The van der Waals surface area contributed by atoms with Crippen LogP contribution >= 0.6 is 0 Å². The quantitative estimate of drug-likeness (QED) is 0.166. The summed E-state index contributed by atoms with van der Waals surface area (Å²) in [6.45, 7) is 0. The molecule has 16 aromatic rings. The first-order valence-electron chi connectivity index (χ1n) is 31.9. The van der Waals surface area contributed by atoms with E-state index in [4.69, 9.17) is 0 Å². The zero-order chi connectivity index (χ0) is 61.2. The number of hydrogen-bond acceptors (Lipinski definition) is 4. The Labute approximate surface area is 539 Å². The van der Waals surface area contributed by atoms with Crippen molar-refractivity contribution in [3.63, 3.8) is 0 Å². The van der Waals surface area contributed by atoms with Gasteiger partial charge < -0.3 is 4.57 Å². The van der Waals surface area contributed by atoms with Gasteiger partial charge in [-0.25, -0.2) is 0 Å². The number of nitrogens with zero attached hydrogens (tertiary/aromatic N) is 5.